The zero-order chi connectivity index (χ0) is 22.0. The van der Waals surface area contributed by atoms with Crippen molar-refractivity contribution in [2.24, 2.45) is 0 Å². The molecule has 0 aliphatic heterocycles. The minimum atomic E-state index is -0.542. The van der Waals surface area contributed by atoms with Gasteiger partial charge in [-0.25, -0.2) is 19.2 Å². The number of imidazole rings is 1. The predicted octanol–water partition coefficient (Wildman–Crippen LogP) is 5.94. The van der Waals surface area contributed by atoms with Crippen molar-refractivity contribution in [3.63, 3.8) is 0 Å². The summed E-state index contributed by atoms with van der Waals surface area (Å²) in [4.78, 5) is 21.4. The first kappa shape index (κ1) is 21.0. The van der Waals surface area contributed by atoms with Crippen molar-refractivity contribution in [2.75, 3.05) is 5.32 Å². The van der Waals surface area contributed by atoms with E-state index >= 15 is 0 Å². The summed E-state index contributed by atoms with van der Waals surface area (Å²) in [7, 11) is 0. The van der Waals surface area contributed by atoms with Gasteiger partial charge in [-0.2, -0.15) is 0 Å². The zero-order valence-corrected chi connectivity index (χ0v) is 18.4. The van der Waals surface area contributed by atoms with Gasteiger partial charge in [0.25, 0.3) is 0 Å². The molecule has 2 aromatic carbocycles. The molecule has 0 saturated carbocycles. The standard InChI is InChI=1S/C23H23FN4O2S/c1-4-18-22(31-21(26-18)17-8-7-16(24)10-14(17)3)27-23(29)30-12-15-6-9-20-19(11-15)25-13-28(20)5-2/h6-11,13H,4-5,12H2,1-3H3,(H,27,29). The SMILES string of the molecule is CCc1nc(-c2ccc(F)cc2C)sc1NC(=O)OCc1ccc2c(c1)ncn2CC. The molecule has 4 rings (SSSR count). The predicted molar refractivity (Wildman–Crippen MR) is 121 cm³/mol. The van der Waals surface area contributed by atoms with Crippen LogP contribution in [0.3, 0.4) is 0 Å². The lowest BCUT2D eigenvalue weighted by molar-refractivity contribution is 0.155. The molecule has 6 nitrogen and oxygen atoms in total. The molecule has 4 aromatic rings. The second-order valence-electron chi connectivity index (χ2n) is 7.16. The van der Waals surface area contributed by atoms with E-state index in [1.807, 2.05) is 32.0 Å². The number of hydrogen-bond donors (Lipinski definition) is 1. The van der Waals surface area contributed by atoms with E-state index in [0.29, 0.717) is 11.4 Å². The Morgan fingerprint density at radius 1 is 1.23 bits per heavy atom. The van der Waals surface area contributed by atoms with Crippen LogP contribution in [0.4, 0.5) is 14.2 Å². The van der Waals surface area contributed by atoms with Crippen molar-refractivity contribution < 1.29 is 13.9 Å². The Hall–Kier alpha value is -3.26. The van der Waals surface area contributed by atoms with E-state index in [1.54, 1.807) is 12.4 Å². The first-order chi connectivity index (χ1) is 15.0. The van der Waals surface area contributed by atoms with Crippen LogP contribution >= 0.6 is 11.3 Å². The van der Waals surface area contributed by atoms with Gasteiger partial charge in [-0.05, 0) is 61.7 Å². The fourth-order valence-electron chi connectivity index (χ4n) is 3.40. The summed E-state index contributed by atoms with van der Waals surface area (Å²) in [6.45, 7) is 6.87. The molecule has 0 aliphatic carbocycles. The van der Waals surface area contributed by atoms with E-state index in [2.05, 4.69) is 26.8 Å². The highest BCUT2D eigenvalue weighted by Crippen LogP contribution is 2.34. The zero-order valence-electron chi connectivity index (χ0n) is 17.6. The maximum Gasteiger partial charge on any atom is 0.412 e. The van der Waals surface area contributed by atoms with Crippen molar-refractivity contribution in [3.05, 3.63) is 65.4 Å². The molecule has 0 spiro atoms. The average molecular weight is 439 g/mol. The number of fused-ring (bicyclic) bond motifs is 1. The molecule has 8 heteroatoms. The quantitative estimate of drug-likeness (QED) is 0.405. The first-order valence-corrected chi connectivity index (χ1v) is 10.9. The van der Waals surface area contributed by atoms with E-state index in [-0.39, 0.29) is 12.4 Å². The van der Waals surface area contributed by atoms with Crippen molar-refractivity contribution in [1.29, 1.82) is 0 Å². The number of aromatic nitrogens is 3. The van der Waals surface area contributed by atoms with Gasteiger partial charge in [0.05, 0.1) is 23.1 Å². The molecule has 1 N–H and O–H groups in total. The van der Waals surface area contributed by atoms with Crippen molar-refractivity contribution in [2.45, 2.75) is 40.3 Å². The summed E-state index contributed by atoms with van der Waals surface area (Å²) in [6, 6.07) is 10.4. The van der Waals surface area contributed by atoms with E-state index < -0.39 is 6.09 Å². The number of thiazole rings is 1. The topological polar surface area (TPSA) is 69.0 Å². The van der Waals surface area contributed by atoms with E-state index in [4.69, 9.17) is 4.74 Å². The molecule has 160 valence electrons. The Balaban J connectivity index is 1.45. The van der Waals surface area contributed by atoms with Gasteiger partial charge in [0, 0.05) is 12.1 Å². The van der Waals surface area contributed by atoms with Gasteiger partial charge in [-0.3, -0.25) is 5.32 Å². The number of halogens is 1. The summed E-state index contributed by atoms with van der Waals surface area (Å²) in [5.41, 5.74) is 5.21. The largest absolute Gasteiger partial charge is 0.444 e. The minimum absolute atomic E-state index is 0.144. The Morgan fingerprint density at radius 2 is 2.06 bits per heavy atom. The van der Waals surface area contributed by atoms with Gasteiger partial charge in [0.2, 0.25) is 0 Å². The highest BCUT2D eigenvalue weighted by Gasteiger charge is 2.16. The third-order valence-electron chi connectivity index (χ3n) is 5.06. The van der Waals surface area contributed by atoms with Gasteiger partial charge < -0.3 is 9.30 Å². The molecule has 2 heterocycles. The molecule has 0 atom stereocenters. The molecule has 0 unspecified atom stereocenters. The Bertz CT molecular complexity index is 1250. The molecule has 0 aliphatic rings. The third kappa shape index (κ3) is 4.44. The summed E-state index contributed by atoms with van der Waals surface area (Å²) in [5, 5.41) is 4.18. The molecule has 1 amide bonds. The van der Waals surface area contributed by atoms with E-state index in [0.717, 1.165) is 45.0 Å². The number of hydrogen-bond acceptors (Lipinski definition) is 5. The van der Waals surface area contributed by atoms with Crippen LogP contribution < -0.4 is 5.32 Å². The Labute approximate surface area is 183 Å². The molecule has 31 heavy (non-hydrogen) atoms. The number of rotatable bonds is 6. The number of aryl methyl sites for hydroxylation is 3. The van der Waals surface area contributed by atoms with Crippen LogP contribution in [0.5, 0.6) is 0 Å². The summed E-state index contributed by atoms with van der Waals surface area (Å²) in [6.07, 6.45) is 1.92. The number of benzene rings is 2. The molecular weight excluding hydrogens is 415 g/mol. The number of anilines is 1. The van der Waals surface area contributed by atoms with E-state index in [1.165, 1.54) is 23.5 Å². The monoisotopic (exact) mass is 438 g/mol. The minimum Gasteiger partial charge on any atom is -0.444 e. The molecule has 0 radical (unpaired) electrons. The van der Waals surface area contributed by atoms with Crippen LogP contribution in [-0.2, 0) is 24.3 Å². The second-order valence-corrected chi connectivity index (χ2v) is 8.16. The van der Waals surface area contributed by atoms with Crippen LogP contribution in [0.1, 0.15) is 30.7 Å². The number of amides is 1. The van der Waals surface area contributed by atoms with E-state index in [9.17, 15) is 9.18 Å². The fourth-order valence-corrected chi connectivity index (χ4v) is 4.53. The maximum atomic E-state index is 13.4. The Morgan fingerprint density at radius 3 is 2.81 bits per heavy atom. The lowest BCUT2D eigenvalue weighted by Crippen LogP contribution is -2.13. The Kier molecular flexibility index (Phi) is 5.99. The highest BCUT2D eigenvalue weighted by molar-refractivity contribution is 7.19. The summed E-state index contributed by atoms with van der Waals surface area (Å²) < 4.78 is 20.9. The average Bonchev–Trinajstić information content (AvgIpc) is 3.35. The molecule has 0 saturated heterocycles. The van der Waals surface area contributed by atoms with Crippen LogP contribution in [0.2, 0.25) is 0 Å². The van der Waals surface area contributed by atoms with Gasteiger partial charge in [-0.15, -0.1) is 0 Å². The van der Waals surface area contributed by atoms with Crippen molar-refractivity contribution in [3.8, 4) is 10.6 Å². The third-order valence-corrected chi connectivity index (χ3v) is 6.11. The molecule has 0 bridgehead atoms. The number of nitrogens with one attached hydrogen (secondary N) is 1. The highest BCUT2D eigenvalue weighted by atomic mass is 32.1. The van der Waals surface area contributed by atoms with Gasteiger partial charge in [0.1, 0.15) is 22.4 Å². The first-order valence-electron chi connectivity index (χ1n) is 10.1. The van der Waals surface area contributed by atoms with Crippen LogP contribution in [0.25, 0.3) is 21.6 Å². The van der Waals surface area contributed by atoms with Crippen LogP contribution in [0.15, 0.2) is 42.7 Å². The molecular formula is C23H23FN4O2S. The van der Waals surface area contributed by atoms with Gasteiger partial charge >= 0.3 is 6.09 Å². The molecule has 0 fully saturated rings. The normalized spacial score (nSPS) is 11.1. The van der Waals surface area contributed by atoms with Crippen molar-refractivity contribution >= 4 is 33.5 Å². The lowest BCUT2D eigenvalue weighted by Gasteiger charge is -2.07. The van der Waals surface area contributed by atoms with Crippen molar-refractivity contribution in [1.82, 2.24) is 14.5 Å². The molecule has 2 aromatic heterocycles. The second kappa shape index (κ2) is 8.85. The number of carbonyl (C=O) groups excluding carboxylic acids is 1. The van der Waals surface area contributed by atoms with Gasteiger partial charge in [0.15, 0.2) is 0 Å². The number of carbonyl (C=O) groups is 1. The smallest absolute Gasteiger partial charge is 0.412 e. The fraction of sp³-hybridized carbons (Fsp3) is 0.261. The maximum absolute atomic E-state index is 13.4. The number of ether oxygens (including phenoxy) is 1. The summed E-state index contributed by atoms with van der Waals surface area (Å²) >= 11 is 1.36. The van der Waals surface area contributed by atoms with Crippen LogP contribution in [-0.4, -0.2) is 20.6 Å². The lowest BCUT2D eigenvalue weighted by atomic mass is 10.1. The number of nitrogens with zero attached hydrogens (tertiary/aromatic N) is 3. The van der Waals surface area contributed by atoms with Gasteiger partial charge in [-0.1, -0.05) is 24.3 Å². The van der Waals surface area contributed by atoms with Crippen LogP contribution in [0, 0.1) is 12.7 Å². The summed E-state index contributed by atoms with van der Waals surface area (Å²) in [5.74, 6) is -0.282.